The second-order valence-electron chi connectivity index (χ2n) is 7.44. The molecular formula is C19H17ClN2O4. The molecule has 3 fully saturated rings. The maximum Gasteiger partial charge on any atom is 0.254 e. The van der Waals surface area contributed by atoms with Crippen molar-refractivity contribution in [2.24, 2.45) is 40.6 Å². The van der Waals surface area contributed by atoms with Crippen molar-refractivity contribution in [2.45, 2.75) is 6.42 Å². The molecule has 6 atom stereocenters. The van der Waals surface area contributed by atoms with Gasteiger partial charge >= 0.3 is 0 Å². The normalized spacial score (nSPS) is 36.6. The number of halogens is 1. The van der Waals surface area contributed by atoms with E-state index in [2.05, 4.69) is 17.3 Å². The standard InChI is InChI=1S/C19H17ClN2O4/c1-26-14-5-8(4-13(20)17(14)23)7-21-22-18(24)15-9-2-3-10(12-6-11(9)12)16(15)19(22)25/h2-5,7,9-12,15-16,23H,6H2,1H3/b21-7-/t9-,10-,11-,12-,15-,16+/m0/s1. The summed E-state index contributed by atoms with van der Waals surface area (Å²) in [5, 5.41) is 15.1. The number of amides is 2. The highest BCUT2D eigenvalue weighted by Gasteiger charge is 2.67. The van der Waals surface area contributed by atoms with Crippen LogP contribution >= 0.6 is 11.6 Å². The molecule has 1 heterocycles. The average Bonchev–Trinajstić information content (AvgIpc) is 3.41. The van der Waals surface area contributed by atoms with Crippen LogP contribution in [0.4, 0.5) is 0 Å². The smallest absolute Gasteiger partial charge is 0.254 e. The number of phenolic OH excluding ortho intramolecular Hbond substituents is 1. The number of ether oxygens (including phenoxy) is 1. The van der Waals surface area contributed by atoms with Crippen LogP contribution in [0.5, 0.6) is 11.5 Å². The monoisotopic (exact) mass is 372 g/mol. The maximum absolute atomic E-state index is 12.8. The number of nitrogens with zero attached hydrogens (tertiary/aromatic N) is 2. The first-order chi connectivity index (χ1) is 12.5. The molecule has 2 bridgehead atoms. The van der Waals surface area contributed by atoms with E-state index >= 15 is 0 Å². The van der Waals surface area contributed by atoms with Crippen LogP contribution in [0.1, 0.15) is 12.0 Å². The van der Waals surface area contributed by atoms with Gasteiger partial charge in [-0.25, -0.2) is 0 Å². The molecule has 4 aliphatic carbocycles. The number of hydrogen-bond acceptors (Lipinski definition) is 5. The topological polar surface area (TPSA) is 79.2 Å². The molecule has 2 amide bonds. The zero-order valence-electron chi connectivity index (χ0n) is 14.0. The van der Waals surface area contributed by atoms with E-state index in [1.165, 1.54) is 19.4 Å². The Labute approximate surface area is 155 Å². The number of benzene rings is 1. The quantitative estimate of drug-likeness (QED) is 0.502. The molecule has 6 rings (SSSR count). The lowest BCUT2D eigenvalue weighted by Crippen LogP contribution is -2.40. The fourth-order valence-corrected chi connectivity index (χ4v) is 5.22. The zero-order valence-corrected chi connectivity index (χ0v) is 14.8. The Hall–Kier alpha value is -2.34. The molecule has 1 aromatic rings. The number of imide groups is 1. The predicted octanol–water partition coefficient (Wildman–Crippen LogP) is 2.44. The van der Waals surface area contributed by atoms with E-state index in [0.717, 1.165) is 11.4 Å². The number of methoxy groups -OCH3 is 1. The first kappa shape index (κ1) is 15.9. The lowest BCUT2D eigenvalue weighted by molar-refractivity contribution is -0.140. The Kier molecular flexibility index (Phi) is 3.26. The fraction of sp³-hybridized carbons (Fsp3) is 0.421. The summed E-state index contributed by atoms with van der Waals surface area (Å²) in [7, 11) is 1.42. The van der Waals surface area contributed by atoms with Crippen LogP contribution in [0.2, 0.25) is 5.02 Å². The Morgan fingerprint density at radius 2 is 1.81 bits per heavy atom. The molecule has 1 saturated heterocycles. The van der Waals surface area contributed by atoms with Gasteiger partial charge in [0.05, 0.1) is 30.2 Å². The summed E-state index contributed by atoms with van der Waals surface area (Å²) in [4.78, 5) is 25.7. The van der Waals surface area contributed by atoms with Gasteiger partial charge in [-0.3, -0.25) is 9.59 Å². The summed E-state index contributed by atoms with van der Waals surface area (Å²) < 4.78 is 5.06. The molecular weight excluding hydrogens is 356 g/mol. The van der Waals surface area contributed by atoms with Gasteiger partial charge in [-0.15, -0.1) is 0 Å². The highest BCUT2D eigenvalue weighted by molar-refractivity contribution is 6.32. The van der Waals surface area contributed by atoms with E-state index in [1.807, 2.05) is 0 Å². The third-order valence-electron chi connectivity index (χ3n) is 6.23. The van der Waals surface area contributed by atoms with Crippen LogP contribution in [-0.4, -0.2) is 35.3 Å². The first-order valence-corrected chi connectivity index (χ1v) is 9.05. The van der Waals surface area contributed by atoms with E-state index < -0.39 is 0 Å². The summed E-state index contributed by atoms with van der Waals surface area (Å²) >= 11 is 5.97. The molecule has 5 aliphatic rings. The summed E-state index contributed by atoms with van der Waals surface area (Å²) in [6.07, 6.45) is 6.79. The van der Waals surface area contributed by atoms with Crippen molar-refractivity contribution in [1.82, 2.24) is 5.01 Å². The molecule has 1 aliphatic heterocycles. The number of phenols is 1. The summed E-state index contributed by atoms with van der Waals surface area (Å²) in [6, 6.07) is 3.05. The number of carbonyl (C=O) groups excluding carboxylic acids is 2. The molecule has 0 spiro atoms. The minimum atomic E-state index is -0.267. The maximum atomic E-state index is 12.8. The zero-order chi connectivity index (χ0) is 18.2. The molecule has 1 N–H and O–H groups in total. The number of hydrazone groups is 1. The van der Waals surface area contributed by atoms with Gasteiger partial charge in [-0.1, -0.05) is 23.8 Å². The number of carbonyl (C=O) groups is 2. The molecule has 134 valence electrons. The highest BCUT2D eigenvalue weighted by Crippen LogP contribution is 2.65. The van der Waals surface area contributed by atoms with Crippen molar-refractivity contribution >= 4 is 29.6 Å². The number of allylic oxidation sites excluding steroid dienone is 2. The number of rotatable bonds is 3. The van der Waals surface area contributed by atoms with E-state index in [-0.39, 0.29) is 52.0 Å². The van der Waals surface area contributed by atoms with Gasteiger partial charge in [0.25, 0.3) is 11.8 Å². The Bertz CT molecular complexity index is 860. The minimum Gasteiger partial charge on any atom is -0.503 e. The number of aromatic hydroxyl groups is 1. The molecule has 7 heteroatoms. The van der Waals surface area contributed by atoms with Crippen molar-refractivity contribution in [3.8, 4) is 11.5 Å². The van der Waals surface area contributed by atoms with Gasteiger partial charge in [0.1, 0.15) is 0 Å². The lowest BCUT2D eigenvalue weighted by Gasteiger charge is -2.37. The van der Waals surface area contributed by atoms with Crippen molar-refractivity contribution in [1.29, 1.82) is 0 Å². The van der Waals surface area contributed by atoms with E-state index in [9.17, 15) is 14.7 Å². The highest BCUT2D eigenvalue weighted by atomic mass is 35.5. The van der Waals surface area contributed by atoms with Crippen LogP contribution in [0.3, 0.4) is 0 Å². The molecule has 1 aromatic carbocycles. The van der Waals surface area contributed by atoms with Gasteiger partial charge in [0, 0.05) is 0 Å². The molecule has 0 radical (unpaired) electrons. The Balaban J connectivity index is 1.44. The van der Waals surface area contributed by atoms with Crippen LogP contribution in [0, 0.1) is 35.5 Å². The van der Waals surface area contributed by atoms with E-state index in [0.29, 0.717) is 17.4 Å². The van der Waals surface area contributed by atoms with Crippen LogP contribution in [0.15, 0.2) is 29.4 Å². The molecule has 0 aromatic heterocycles. The van der Waals surface area contributed by atoms with Crippen LogP contribution < -0.4 is 4.74 Å². The summed E-state index contributed by atoms with van der Waals surface area (Å²) in [5.74, 6) is 0.564. The van der Waals surface area contributed by atoms with Gasteiger partial charge in [0.15, 0.2) is 11.5 Å². The van der Waals surface area contributed by atoms with Gasteiger partial charge in [-0.2, -0.15) is 10.1 Å². The van der Waals surface area contributed by atoms with Crippen molar-refractivity contribution < 1.29 is 19.4 Å². The van der Waals surface area contributed by atoms with Crippen molar-refractivity contribution in [3.63, 3.8) is 0 Å². The van der Waals surface area contributed by atoms with Gasteiger partial charge < -0.3 is 9.84 Å². The molecule has 6 nitrogen and oxygen atoms in total. The molecule has 2 saturated carbocycles. The fourth-order valence-electron chi connectivity index (χ4n) is 5.00. The molecule has 0 unspecified atom stereocenters. The van der Waals surface area contributed by atoms with Crippen molar-refractivity contribution in [2.75, 3.05) is 7.11 Å². The van der Waals surface area contributed by atoms with Gasteiger partial charge in [0.2, 0.25) is 0 Å². The SMILES string of the molecule is COc1cc(/C=N\N2C(=O)[C@@H]3[C@H]4C=C[C@@H]([C@@H]5C[C@@H]45)[C@@H]3C2=O)cc(Cl)c1O. The minimum absolute atomic E-state index is 0.112. The van der Waals surface area contributed by atoms with E-state index in [4.69, 9.17) is 16.3 Å². The molecule has 26 heavy (non-hydrogen) atoms. The number of hydrogen-bond donors (Lipinski definition) is 1. The summed E-state index contributed by atoms with van der Waals surface area (Å²) in [5.41, 5.74) is 0.532. The third kappa shape index (κ3) is 2.02. The van der Waals surface area contributed by atoms with E-state index in [1.54, 1.807) is 6.07 Å². The summed E-state index contributed by atoms with van der Waals surface area (Å²) in [6.45, 7) is 0. The second kappa shape index (κ2) is 5.33. The van der Waals surface area contributed by atoms with Crippen LogP contribution in [-0.2, 0) is 9.59 Å². The van der Waals surface area contributed by atoms with Crippen LogP contribution in [0.25, 0.3) is 0 Å². The second-order valence-corrected chi connectivity index (χ2v) is 7.85. The third-order valence-corrected chi connectivity index (χ3v) is 6.52. The first-order valence-electron chi connectivity index (χ1n) is 8.68. The lowest BCUT2D eigenvalue weighted by atomic mass is 9.63. The van der Waals surface area contributed by atoms with Gasteiger partial charge in [-0.05, 0) is 47.8 Å². The average molecular weight is 373 g/mol. The Morgan fingerprint density at radius 3 is 2.38 bits per heavy atom. The van der Waals surface area contributed by atoms with Crippen molar-refractivity contribution in [3.05, 3.63) is 34.9 Å². The largest absolute Gasteiger partial charge is 0.503 e. The predicted molar refractivity (Wildman–Crippen MR) is 93.8 cm³/mol. The Morgan fingerprint density at radius 1 is 1.19 bits per heavy atom.